The molecule has 1 saturated carbocycles. The summed E-state index contributed by atoms with van der Waals surface area (Å²) in [5, 5.41) is 9.14. The van der Waals surface area contributed by atoms with Crippen molar-refractivity contribution in [3.05, 3.63) is 0 Å². The van der Waals surface area contributed by atoms with Crippen LogP contribution in [-0.2, 0) is 14.3 Å². The normalized spacial score (nSPS) is 28.6. The first-order valence-corrected chi connectivity index (χ1v) is 5.66. The Balaban J connectivity index is 2.59. The molecule has 0 bridgehead atoms. The van der Waals surface area contributed by atoms with Gasteiger partial charge in [0.2, 0.25) is 0 Å². The van der Waals surface area contributed by atoms with Gasteiger partial charge in [0.05, 0.1) is 11.8 Å². The van der Waals surface area contributed by atoms with Gasteiger partial charge in [-0.25, -0.2) is 0 Å². The number of esters is 1. The van der Waals surface area contributed by atoms with Gasteiger partial charge in [-0.15, -0.1) is 0 Å². The predicted octanol–water partition coefficient (Wildman–Crippen LogP) is 2.22. The van der Waals surface area contributed by atoms with Gasteiger partial charge in [0.15, 0.2) is 0 Å². The lowest BCUT2D eigenvalue weighted by atomic mass is 9.98. The maximum atomic E-state index is 11.6. The van der Waals surface area contributed by atoms with Gasteiger partial charge in [-0.05, 0) is 33.1 Å². The predicted molar refractivity (Wildman–Crippen MR) is 58.9 cm³/mol. The average molecular weight is 228 g/mol. The third-order valence-corrected chi connectivity index (χ3v) is 3.03. The van der Waals surface area contributed by atoms with E-state index in [2.05, 4.69) is 0 Å². The molecule has 1 fully saturated rings. The molecular weight excluding hydrogens is 208 g/mol. The van der Waals surface area contributed by atoms with Crippen molar-refractivity contribution >= 4 is 11.9 Å². The topological polar surface area (TPSA) is 63.6 Å². The fraction of sp³-hybridized carbons (Fsp3) is 0.833. The van der Waals surface area contributed by atoms with Gasteiger partial charge in [-0.3, -0.25) is 9.59 Å². The summed E-state index contributed by atoms with van der Waals surface area (Å²) in [6.45, 7) is 7.29. The number of hydrogen-bond donors (Lipinski definition) is 1. The fourth-order valence-corrected chi connectivity index (χ4v) is 2.11. The van der Waals surface area contributed by atoms with Gasteiger partial charge in [0, 0.05) is 0 Å². The highest BCUT2D eigenvalue weighted by atomic mass is 16.6. The number of hydrogen-bond acceptors (Lipinski definition) is 3. The number of ether oxygens (including phenoxy) is 1. The second kappa shape index (κ2) is 4.07. The average Bonchev–Trinajstić information content (AvgIpc) is 2.76. The van der Waals surface area contributed by atoms with Crippen LogP contribution in [0.1, 0.15) is 47.0 Å². The minimum atomic E-state index is -0.870. The van der Waals surface area contributed by atoms with Crippen LogP contribution in [0.2, 0.25) is 0 Å². The highest BCUT2D eigenvalue weighted by Gasteiger charge is 2.60. The van der Waals surface area contributed by atoms with Crippen molar-refractivity contribution in [2.24, 2.45) is 11.3 Å². The van der Waals surface area contributed by atoms with E-state index in [1.165, 1.54) is 0 Å². The zero-order chi connectivity index (χ0) is 12.6. The molecule has 0 spiro atoms. The lowest BCUT2D eigenvalue weighted by Crippen LogP contribution is -2.28. The van der Waals surface area contributed by atoms with Gasteiger partial charge in [0.1, 0.15) is 5.60 Å². The molecular formula is C12H20O4. The van der Waals surface area contributed by atoms with E-state index >= 15 is 0 Å². The monoisotopic (exact) mass is 228 g/mol. The summed E-state index contributed by atoms with van der Waals surface area (Å²) in [6, 6.07) is 0. The Hall–Kier alpha value is -1.06. The van der Waals surface area contributed by atoms with E-state index < -0.39 is 23.0 Å². The second-order valence-corrected chi connectivity index (χ2v) is 5.53. The van der Waals surface area contributed by atoms with Crippen LogP contribution in [-0.4, -0.2) is 22.6 Å². The summed E-state index contributed by atoms with van der Waals surface area (Å²) in [7, 11) is 0. The minimum absolute atomic E-state index is 0.00188. The third-order valence-electron chi connectivity index (χ3n) is 3.03. The molecule has 0 heterocycles. The van der Waals surface area contributed by atoms with Gasteiger partial charge in [0.25, 0.3) is 0 Å². The third kappa shape index (κ3) is 2.74. The standard InChI is InChI=1S/C12H20O4/c1-5-8-6-12(8,10(14)15)7-9(13)16-11(2,3)4/h8H,5-7H2,1-4H3,(H,14,15)/t8-,12-/m1/s1. The fourth-order valence-electron chi connectivity index (χ4n) is 2.11. The molecule has 1 aliphatic rings. The van der Waals surface area contributed by atoms with E-state index in [9.17, 15) is 9.59 Å². The molecule has 0 saturated heterocycles. The van der Waals surface area contributed by atoms with Crippen LogP contribution in [0, 0.1) is 11.3 Å². The van der Waals surface area contributed by atoms with Crippen molar-refractivity contribution in [1.29, 1.82) is 0 Å². The van der Waals surface area contributed by atoms with E-state index in [-0.39, 0.29) is 12.3 Å². The SMILES string of the molecule is CC[C@@H]1C[C@]1(CC(=O)OC(C)(C)C)C(=O)O. The van der Waals surface area contributed by atoms with E-state index in [0.29, 0.717) is 6.42 Å². The van der Waals surface area contributed by atoms with Crippen LogP contribution in [0.5, 0.6) is 0 Å². The maximum Gasteiger partial charge on any atom is 0.310 e. The van der Waals surface area contributed by atoms with Crippen molar-refractivity contribution in [2.75, 3.05) is 0 Å². The summed E-state index contributed by atoms with van der Waals surface area (Å²) in [5.41, 5.74) is -1.40. The van der Waals surface area contributed by atoms with E-state index in [1.54, 1.807) is 20.8 Å². The van der Waals surface area contributed by atoms with Crippen LogP contribution in [0.4, 0.5) is 0 Å². The maximum absolute atomic E-state index is 11.6. The number of carboxylic acids is 1. The summed E-state index contributed by atoms with van der Waals surface area (Å²) in [6.07, 6.45) is 1.39. The Bertz CT molecular complexity index is 303. The largest absolute Gasteiger partial charge is 0.481 e. The Morgan fingerprint density at radius 2 is 2.00 bits per heavy atom. The van der Waals surface area contributed by atoms with Crippen molar-refractivity contribution in [3.8, 4) is 0 Å². The first-order chi connectivity index (χ1) is 7.21. The molecule has 1 aliphatic carbocycles. The van der Waals surface area contributed by atoms with Crippen molar-refractivity contribution in [1.82, 2.24) is 0 Å². The molecule has 0 aromatic heterocycles. The highest BCUT2D eigenvalue weighted by molar-refractivity contribution is 5.85. The Morgan fingerprint density at radius 1 is 1.44 bits per heavy atom. The first kappa shape index (κ1) is 13.0. The molecule has 0 aromatic rings. The molecule has 0 amide bonds. The van der Waals surface area contributed by atoms with Crippen LogP contribution < -0.4 is 0 Å². The summed E-state index contributed by atoms with van der Waals surface area (Å²) in [4.78, 5) is 22.7. The quantitative estimate of drug-likeness (QED) is 0.749. The summed E-state index contributed by atoms with van der Waals surface area (Å²) in [5.74, 6) is -1.16. The van der Waals surface area contributed by atoms with Gasteiger partial charge < -0.3 is 9.84 Å². The summed E-state index contributed by atoms with van der Waals surface area (Å²) >= 11 is 0. The van der Waals surface area contributed by atoms with Crippen LogP contribution in [0.3, 0.4) is 0 Å². The van der Waals surface area contributed by atoms with E-state index in [0.717, 1.165) is 6.42 Å². The molecule has 0 unspecified atom stereocenters. The number of aliphatic carboxylic acids is 1. The van der Waals surface area contributed by atoms with Crippen LogP contribution in [0.15, 0.2) is 0 Å². The molecule has 0 radical (unpaired) electrons. The lowest BCUT2D eigenvalue weighted by molar-refractivity contribution is -0.161. The Kier molecular flexibility index (Phi) is 3.31. The van der Waals surface area contributed by atoms with Crippen molar-refractivity contribution in [2.45, 2.75) is 52.6 Å². The molecule has 2 atom stereocenters. The molecule has 1 rings (SSSR count). The van der Waals surface area contributed by atoms with Crippen molar-refractivity contribution < 1.29 is 19.4 Å². The van der Waals surface area contributed by atoms with Gasteiger partial charge in [-0.2, -0.15) is 0 Å². The van der Waals surface area contributed by atoms with E-state index in [4.69, 9.17) is 9.84 Å². The molecule has 0 aromatic carbocycles. The summed E-state index contributed by atoms with van der Waals surface area (Å²) < 4.78 is 5.15. The second-order valence-electron chi connectivity index (χ2n) is 5.53. The van der Waals surface area contributed by atoms with Gasteiger partial charge >= 0.3 is 11.9 Å². The van der Waals surface area contributed by atoms with E-state index in [1.807, 2.05) is 6.92 Å². The molecule has 16 heavy (non-hydrogen) atoms. The number of carbonyl (C=O) groups is 2. The highest BCUT2D eigenvalue weighted by Crippen LogP contribution is 2.57. The molecule has 4 heteroatoms. The number of carbonyl (C=O) groups excluding carboxylic acids is 1. The zero-order valence-corrected chi connectivity index (χ0v) is 10.4. The zero-order valence-electron chi connectivity index (χ0n) is 10.4. The minimum Gasteiger partial charge on any atom is -0.481 e. The Morgan fingerprint density at radius 3 is 2.31 bits per heavy atom. The van der Waals surface area contributed by atoms with Gasteiger partial charge in [-0.1, -0.05) is 13.3 Å². The molecule has 92 valence electrons. The van der Waals surface area contributed by atoms with Crippen molar-refractivity contribution in [3.63, 3.8) is 0 Å². The smallest absolute Gasteiger partial charge is 0.310 e. The number of rotatable bonds is 4. The molecule has 0 aliphatic heterocycles. The molecule has 4 nitrogen and oxygen atoms in total. The molecule has 1 N–H and O–H groups in total. The first-order valence-electron chi connectivity index (χ1n) is 5.66. The van der Waals surface area contributed by atoms with Crippen LogP contribution in [0.25, 0.3) is 0 Å². The Labute approximate surface area is 96.0 Å². The number of carboxylic acid groups (broad SMARTS) is 1. The van der Waals surface area contributed by atoms with Crippen LogP contribution >= 0.6 is 0 Å². The lowest BCUT2D eigenvalue weighted by Gasteiger charge is -2.21.